The van der Waals surface area contributed by atoms with Crippen molar-refractivity contribution in [1.29, 1.82) is 0 Å². The molecule has 0 fully saturated rings. The van der Waals surface area contributed by atoms with E-state index in [1.807, 2.05) is 24.3 Å². The Morgan fingerprint density at radius 1 is 1.27 bits per heavy atom. The van der Waals surface area contributed by atoms with Gasteiger partial charge in [-0.05, 0) is 18.2 Å². The number of amides is 1. The summed E-state index contributed by atoms with van der Waals surface area (Å²) in [5.41, 5.74) is 2.77. The van der Waals surface area contributed by atoms with Crippen LogP contribution in [-0.2, 0) is 14.3 Å². The predicted molar refractivity (Wildman–Crippen MR) is 98.2 cm³/mol. The number of fused-ring (bicyclic) bond motifs is 1. The standard InChI is InChI=1S/C20H18N2O4/c1-25-18-10-11-21-16(18)13-15-14-7-3-4-8-17(14)22(20(15)24)12-6-5-9-19(23)26-2/h3-4,7-8,10-11,13,21H,5,9H2,1-2H3/b15-13-. The summed E-state index contributed by atoms with van der Waals surface area (Å²) in [6, 6.07) is 12.1. The van der Waals surface area contributed by atoms with Gasteiger partial charge in [0.05, 0.1) is 37.6 Å². The van der Waals surface area contributed by atoms with E-state index in [0.29, 0.717) is 23.4 Å². The van der Waals surface area contributed by atoms with Crippen LogP contribution in [0.2, 0.25) is 0 Å². The van der Waals surface area contributed by atoms with Crippen LogP contribution < -0.4 is 9.64 Å². The number of hydrogen-bond donors (Lipinski definition) is 1. The van der Waals surface area contributed by atoms with Gasteiger partial charge >= 0.3 is 5.97 Å². The average molecular weight is 350 g/mol. The van der Waals surface area contributed by atoms with Gasteiger partial charge in [-0.2, -0.15) is 0 Å². The molecule has 0 spiro atoms. The van der Waals surface area contributed by atoms with Crippen molar-refractivity contribution in [3.05, 3.63) is 47.8 Å². The second kappa shape index (κ2) is 7.62. The maximum atomic E-state index is 12.9. The monoisotopic (exact) mass is 350 g/mol. The molecule has 6 nitrogen and oxygen atoms in total. The molecular formula is C20H18N2O4. The molecule has 1 aromatic heterocycles. The zero-order valence-electron chi connectivity index (χ0n) is 14.5. The van der Waals surface area contributed by atoms with Gasteiger partial charge in [-0.15, -0.1) is 0 Å². The molecule has 1 N–H and O–H groups in total. The summed E-state index contributed by atoms with van der Waals surface area (Å²) in [5, 5.41) is 0. The number of hydrogen-bond acceptors (Lipinski definition) is 4. The SMILES string of the molecule is COC(=O)CCC#CN1C(=O)/C(=C\c2[nH]ccc2OC)c2ccccc21. The number of esters is 1. The second-order valence-corrected chi connectivity index (χ2v) is 5.54. The van der Waals surface area contributed by atoms with E-state index in [0.717, 1.165) is 11.3 Å². The third-order valence-electron chi connectivity index (χ3n) is 3.99. The van der Waals surface area contributed by atoms with Crippen LogP contribution in [0, 0.1) is 12.0 Å². The molecule has 0 saturated heterocycles. The van der Waals surface area contributed by atoms with E-state index in [9.17, 15) is 9.59 Å². The highest BCUT2D eigenvalue weighted by Crippen LogP contribution is 2.37. The van der Waals surface area contributed by atoms with Crippen molar-refractivity contribution in [3.8, 4) is 17.7 Å². The minimum atomic E-state index is -0.327. The van der Waals surface area contributed by atoms with Crippen molar-refractivity contribution in [2.24, 2.45) is 0 Å². The number of carbonyl (C=O) groups excluding carboxylic acids is 2. The van der Waals surface area contributed by atoms with Gasteiger partial charge in [-0.3, -0.25) is 9.59 Å². The van der Waals surface area contributed by atoms with Gasteiger partial charge in [0.15, 0.2) is 0 Å². The molecule has 6 heteroatoms. The minimum Gasteiger partial charge on any atom is -0.495 e. The summed E-state index contributed by atoms with van der Waals surface area (Å²) in [7, 11) is 2.91. The third-order valence-corrected chi connectivity index (χ3v) is 3.99. The number of rotatable bonds is 4. The number of anilines is 1. The summed E-state index contributed by atoms with van der Waals surface area (Å²) in [5.74, 6) is 2.98. The highest BCUT2D eigenvalue weighted by molar-refractivity contribution is 6.36. The number of ether oxygens (including phenoxy) is 2. The first-order valence-corrected chi connectivity index (χ1v) is 8.08. The number of carbonyl (C=O) groups is 2. The molecule has 0 aliphatic carbocycles. The van der Waals surface area contributed by atoms with Crippen molar-refractivity contribution in [1.82, 2.24) is 4.98 Å². The smallest absolute Gasteiger partial charge is 0.306 e. The van der Waals surface area contributed by atoms with Gasteiger partial charge in [0.25, 0.3) is 5.91 Å². The molecule has 0 radical (unpaired) electrons. The number of nitrogens with one attached hydrogen (secondary N) is 1. The molecule has 3 rings (SSSR count). The van der Waals surface area contributed by atoms with Crippen LogP contribution in [0.3, 0.4) is 0 Å². The highest BCUT2D eigenvalue weighted by Gasteiger charge is 2.31. The van der Waals surface area contributed by atoms with Gasteiger partial charge in [0.1, 0.15) is 5.75 Å². The maximum Gasteiger partial charge on any atom is 0.306 e. The Balaban J connectivity index is 1.92. The van der Waals surface area contributed by atoms with E-state index >= 15 is 0 Å². The summed E-state index contributed by atoms with van der Waals surface area (Å²) in [6.45, 7) is 0. The molecule has 1 aliphatic heterocycles. The van der Waals surface area contributed by atoms with E-state index in [-0.39, 0.29) is 18.3 Å². The van der Waals surface area contributed by atoms with Crippen LogP contribution in [0.25, 0.3) is 11.6 Å². The molecule has 132 valence electrons. The molecule has 1 amide bonds. The van der Waals surface area contributed by atoms with Crippen LogP contribution >= 0.6 is 0 Å². The molecular weight excluding hydrogens is 332 g/mol. The molecule has 0 unspecified atom stereocenters. The number of aromatic amines is 1. The fraction of sp³-hybridized carbons (Fsp3) is 0.200. The molecule has 1 aliphatic rings. The summed E-state index contributed by atoms with van der Waals surface area (Å²) >= 11 is 0. The average Bonchev–Trinajstić information content (AvgIpc) is 3.22. The van der Waals surface area contributed by atoms with Crippen LogP contribution in [-0.4, -0.2) is 31.1 Å². The normalized spacial score (nSPS) is 14.0. The molecule has 0 saturated carbocycles. The lowest BCUT2D eigenvalue weighted by Gasteiger charge is -2.07. The summed E-state index contributed by atoms with van der Waals surface area (Å²) in [6.07, 6.45) is 4.02. The Morgan fingerprint density at radius 3 is 2.85 bits per heavy atom. The van der Waals surface area contributed by atoms with Crippen LogP contribution in [0.15, 0.2) is 36.5 Å². The number of H-pyrrole nitrogens is 1. The lowest BCUT2D eigenvalue weighted by Crippen LogP contribution is -2.20. The number of methoxy groups -OCH3 is 2. The highest BCUT2D eigenvalue weighted by atomic mass is 16.5. The molecule has 26 heavy (non-hydrogen) atoms. The maximum absolute atomic E-state index is 12.9. The Hall–Kier alpha value is -3.46. The van der Waals surface area contributed by atoms with Crippen molar-refractivity contribution < 1.29 is 19.1 Å². The fourth-order valence-corrected chi connectivity index (χ4v) is 2.70. The first kappa shape index (κ1) is 17.4. The van der Waals surface area contributed by atoms with Crippen molar-refractivity contribution in [2.75, 3.05) is 19.1 Å². The van der Waals surface area contributed by atoms with Gasteiger partial charge in [-0.1, -0.05) is 24.1 Å². The second-order valence-electron chi connectivity index (χ2n) is 5.54. The summed E-state index contributed by atoms with van der Waals surface area (Å²) in [4.78, 5) is 28.5. The number of nitrogens with zero attached hydrogens (tertiary/aromatic N) is 1. The Kier molecular flexibility index (Phi) is 5.09. The van der Waals surface area contributed by atoms with Crippen molar-refractivity contribution in [2.45, 2.75) is 12.8 Å². The van der Waals surface area contributed by atoms with E-state index < -0.39 is 0 Å². The van der Waals surface area contributed by atoms with Gasteiger partial charge in [0, 0.05) is 24.2 Å². The molecule has 2 aromatic rings. The van der Waals surface area contributed by atoms with Crippen LogP contribution in [0.1, 0.15) is 24.1 Å². The fourth-order valence-electron chi connectivity index (χ4n) is 2.70. The molecule has 2 heterocycles. The van der Waals surface area contributed by atoms with Crippen LogP contribution in [0.5, 0.6) is 5.75 Å². The first-order valence-electron chi connectivity index (χ1n) is 8.08. The van der Waals surface area contributed by atoms with E-state index in [2.05, 4.69) is 21.7 Å². The zero-order chi connectivity index (χ0) is 18.5. The van der Waals surface area contributed by atoms with Gasteiger partial charge < -0.3 is 14.5 Å². The number of aromatic nitrogens is 1. The predicted octanol–water partition coefficient (Wildman–Crippen LogP) is 2.82. The Labute approximate surface area is 151 Å². The zero-order valence-corrected chi connectivity index (χ0v) is 14.5. The van der Waals surface area contributed by atoms with E-state index in [1.165, 1.54) is 12.0 Å². The van der Waals surface area contributed by atoms with Crippen molar-refractivity contribution >= 4 is 29.2 Å². The Bertz CT molecular complexity index is 931. The molecule has 0 bridgehead atoms. The lowest BCUT2D eigenvalue weighted by molar-refractivity contribution is -0.140. The quantitative estimate of drug-likeness (QED) is 0.523. The largest absolute Gasteiger partial charge is 0.495 e. The third kappa shape index (κ3) is 3.33. The summed E-state index contributed by atoms with van der Waals surface area (Å²) < 4.78 is 9.87. The minimum absolute atomic E-state index is 0.190. The Morgan fingerprint density at radius 2 is 2.08 bits per heavy atom. The molecule has 0 atom stereocenters. The van der Waals surface area contributed by atoms with Gasteiger partial charge in [-0.25, -0.2) is 4.90 Å². The molecule has 1 aromatic carbocycles. The number of benzene rings is 1. The first-order chi connectivity index (χ1) is 12.7. The van der Waals surface area contributed by atoms with Crippen molar-refractivity contribution in [3.63, 3.8) is 0 Å². The van der Waals surface area contributed by atoms with E-state index in [1.54, 1.807) is 25.4 Å². The number of para-hydroxylation sites is 1. The lowest BCUT2D eigenvalue weighted by atomic mass is 10.1. The van der Waals surface area contributed by atoms with E-state index in [4.69, 9.17) is 4.74 Å². The topological polar surface area (TPSA) is 71.6 Å². The van der Waals surface area contributed by atoms with Crippen LogP contribution in [0.4, 0.5) is 5.69 Å². The van der Waals surface area contributed by atoms with Gasteiger partial charge in [0.2, 0.25) is 0 Å².